The van der Waals surface area contributed by atoms with E-state index in [4.69, 9.17) is 49.0 Å². The molecule has 0 bridgehead atoms. The van der Waals surface area contributed by atoms with Crippen LogP contribution in [0.1, 0.15) is 44.2 Å². The third-order valence-electron chi connectivity index (χ3n) is 5.09. The lowest BCUT2D eigenvalue weighted by Gasteiger charge is -2.23. The zero-order valence-electron chi connectivity index (χ0n) is 19.5. The molecule has 10 heteroatoms. The minimum absolute atomic E-state index is 0.0300. The average Bonchev–Trinajstić information content (AvgIpc) is 3.07. The fraction of sp³-hybridized carbons (Fsp3) is 0.400. The van der Waals surface area contributed by atoms with E-state index in [0.29, 0.717) is 0 Å². The number of carbonyl (C=O) groups excluding carboxylic acids is 3. The molecule has 0 spiro atoms. The molecule has 0 aromatic heterocycles. The fourth-order valence-corrected chi connectivity index (χ4v) is 3.94. The summed E-state index contributed by atoms with van der Waals surface area (Å²) in [5.41, 5.74) is 3.44. The Hall–Kier alpha value is -2.48. The molecule has 1 unspecified atom stereocenters. The molecule has 2 aromatic carbocycles. The van der Waals surface area contributed by atoms with Crippen molar-refractivity contribution in [2.24, 2.45) is 0 Å². The summed E-state index contributed by atoms with van der Waals surface area (Å²) in [6.45, 7) is 4.51. The molecule has 1 N–H and O–H groups in total. The summed E-state index contributed by atoms with van der Waals surface area (Å²) in [6, 6.07) is 14.4. The number of halogens is 3. The molecular formula is C25H26Cl3NO6. The third-order valence-corrected chi connectivity index (χ3v) is 5.42. The van der Waals surface area contributed by atoms with Gasteiger partial charge in [0.15, 0.2) is 0 Å². The monoisotopic (exact) mass is 541 g/mol. The van der Waals surface area contributed by atoms with Gasteiger partial charge < -0.3 is 19.5 Å². The van der Waals surface area contributed by atoms with Gasteiger partial charge in [-0.3, -0.25) is 4.79 Å². The number of ether oxygens (including phenoxy) is 3. The predicted octanol–water partition coefficient (Wildman–Crippen LogP) is 5.54. The Kier molecular flexibility index (Phi) is 8.57. The van der Waals surface area contributed by atoms with E-state index in [-0.39, 0.29) is 12.5 Å². The normalized spacial score (nSPS) is 13.9. The van der Waals surface area contributed by atoms with E-state index in [1.807, 2.05) is 48.5 Å². The molecule has 0 radical (unpaired) electrons. The maximum Gasteiger partial charge on any atom is 0.407 e. The number of fused-ring (bicyclic) bond motifs is 3. The Morgan fingerprint density at radius 2 is 1.46 bits per heavy atom. The summed E-state index contributed by atoms with van der Waals surface area (Å²) in [5, 5.41) is 2.38. The molecule has 0 saturated carbocycles. The molecule has 188 valence electrons. The maximum absolute atomic E-state index is 12.6. The van der Waals surface area contributed by atoms with Crippen molar-refractivity contribution in [2.45, 2.75) is 48.5 Å². The van der Waals surface area contributed by atoms with Gasteiger partial charge in [0, 0.05) is 5.92 Å². The zero-order valence-corrected chi connectivity index (χ0v) is 21.7. The van der Waals surface area contributed by atoms with Crippen molar-refractivity contribution in [3.8, 4) is 11.1 Å². The smallest absolute Gasteiger partial charge is 0.407 e. The van der Waals surface area contributed by atoms with Crippen molar-refractivity contribution in [3.63, 3.8) is 0 Å². The molecule has 0 saturated heterocycles. The van der Waals surface area contributed by atoms with E-state index < -0.39 is 46.5 Å². The molecule has 35 heavy (non-hydrogen) atoms. The Bertz CT molecular complexity index is 1050. The number of nitrogens with one attached hydrogen (secondary N) is 1. The molecule has 1 atom stereocenters. The summed E-state index contributed by atoms with van der Waals surface area (Å²) in [7, 11) is 0. The lowest BCUT2D eigenvalue weighted by atomic mass is 9.98. The van der Waals surface area contributed by atoms with Gasteiger partial charge in [0.2, 0.25) is 3.79 Å². The highest BCUT2D eigenvalue weighted by Crippen LogP contribution is 2.44. The number of hydrogen-bond acceptors (Lipinski definition) is 6. The van der Waals surface area contributed by atoms with Crippen LogP contribution in [0.3, 0.4) is 0 Å². The van der Waals surface area contributed by atoms with Gasteiger partial charge in [-0.05, 0) is 43.0 Å². The number of rotatable bonds is 7. The molecule has 1 aliphatic carbocycles. The molecule has 0 fully saturated rings. The van der Waals surface area contributed by atoms with Crippen LogP contribution in [0.5, 0.6) is 0 Å². The van der Waals surface area contributed by atoms with Crippen molar-refractivity contribution in [1.29, 1.82) is 0 Å². The summed E-state index contributed by atoms with van der Waals surface area (Å²) in [6.07, 6.45) is -1.38. The second-order valence-electron chi connectivity index (χ2n) is 9.04. The molecule has 3 rings (SSSR count). The van der Waals surface area contributed by atoms with Crippen LogP contribution in [0.15, 0.2) is 48.5 Å². The minimum Gasteiger partial charge on any atom is -0.460 e. The van der Waals surface area contributed by atoms with E-state index in [2.05, 4.69) is 5.32 Å². The van der Waals surface area contributed by atoms with Crippen molar-refractivity contribution >= 4 is 52.8 Å². The van der Waals surface area contributed by atoms with Crippen molar-refractivity contribution < 1.29 is 28.6 Å². The van der Waals surface area contributed by atoms with Crippen molar-refractivity contribution in [2.75, 3.05) is 13.2 Å². The summed E-state index contributed by atoms with van der Waals surface area (Å²) >= 11 is 16.9. The van der Waals surface area contributed by atoms with E-state index >= 15 is 0 Å². The first-order valence-corrected chi connectivity index (χ1v) is 12.0. The van der Waals surface area contributed by atoms with Crippen LogP contribution in [0, 0.1) is 0 Å². The van der Waals surface area contributed by atoms with Crippen LogP contribution in [-0.4, -0.2) is 46.7 Å². The number of esters is 2. The molecule has 2 aromatic rings. The fourth-order valence-electron chi connectivity index (χ4n) is 3.78. The first-order valence-electron chi connectivity index (χ1n) is 10.9. The second kappa shape index (κ2) is 11.1. The van der Waals surface area contributed by atoms with Crippen LogP contribution >= 0.6 is 34.8 Å². The molecule has 0 aliphatic heterocycles. The van der Waals surface area contributed by atoms with E-state index in [0.717, 1.165) is 22.3 Å². The maximum atomic E-state index is 12.6. The largest absolute Gasteiger partial charge is 0.460 e. The second-order valence-corrected chi connectivity index (χ2v) is 11.6. The van der Waals surface area contributed by atoms with Crippen molar-refractivity contribution in [1.82, 2.24) is 5.32 Å². The number of hydrogen-bond donors (Lipinski definition) is 1. The van der Waals surface area contributed by atoms with Gasteiger partial charge in [0.25, 0.3) is 0 Å². The minimum atomic E-state index is -1.85. The SMILES string of the molecule is CC(C)(C)OC(=O)CC(NC(=O)OCC1c2ccccc2-c2ccccc21)C(=O)OCC(Cl)(Cl)Cl. The Morgan fingerprint density at radius 1 is 0.914 bits per heavy atom. The first kappa shape index (κ1) is 27.1. The third kappa shape index (κ3) is 7.75. The highest BCUT2D eigenvalue weighted by Gasteiger charge is 2.33. The Morgan fingerprint density at radius 3 is 1.97 bits per heavy atom. The lowest BCUT2D eigenvalue weighted by Crippen LogP contribution is -2.45. The Balaban J connectivity index is 1.68. The van der Waals surface area contributed by atoms with Crippen molar-refractivity contribution in [3.05, 3.63) is 59.7 Å². The van der Waals surface area contributed by atoms with E-state index in [1.54, 1.807) is 20.8 Å². The quantitative estimate of drug-likeness (QED) is 0.281. The van der Waals surface area contributed by atoms with Gasteiger partial charge in [-0.1, -0.05) is 83.3 Å². The zero-order chi connectivity index (χ0) is 25.8. The number of carbonyl (C=O) groups is 3. The summed E-state index contributed by atoms with van der Waals surface area (Å²) in [4.78, 5) is 37.5. The van der Waals surface area contributed by atoms with Crippen LogP contribution in [0.2, 0.25) is 0 Å². The number of amides is 1. The standard InChI is InChI=1S/C25H26Cl3NO6/c1-24(2,3)35-21(30)12-20(22(31)34-14-25(26,27)28)29-23(32)33-13-19-17-10-6-4-8-15(17)16-9-5-7-11-18(16)19/h4-11,19-20H,12-14H2,1-3H3,(H,29,32). The van der Waals surface area contributed by atoms with Crippen LogP contribution in [0.25, 0.3) is 11.1 Å². The molecule has 1 aliphatic rings. The van der Waals surface area contributed by atoms with Gasteiger partial charge >= 0.3 is 18.0 Å². The average molecular weight is 543 g/mol. The molecular weight excluding hydrogens is 517 g/mol. The van der Waals surface area contributed by atoms with Gasteiger partial charge in [-0.2, -0.15) is 0 Å². The van der Waals surface area contributed by atoms with Gasteiger partial charge in [0.05, 0.1) is 6.42 Å². The molecule has 0 heterocycles. The van der Waals surface area contributed by atoms with Crippen LogP contribution in [-0.2, 0) is 23.8 Å². The first-order chi connectivity index (χ1) is 16.3. The van der Waals surface area contributed by atoms with Gasteiger partial charge in [-0.25, -0.2) is 9.59 Å². The Labute approximate surface area is 219 Å². The van der Waals surface area contributed by atoms with E-state index in [9.17, 15) is 14.4 Å². The highest BCUT2D eigenvalue weighted by molar-refractivity contribution is 6.67. The highest BCUT2D eigenvalue weighted by atomic mass is 35.6. The number of benzene rings is 2. The molecule has 1 amide bonds. The predicted molar refractivity (Wildman–Crippen MR) is 134 cm³/mol. The number of alkyl carbamates (subject to hydrolysis) is 1. The summed E-state index contributed by atoms with van der Waals surface area (Å²) in [5.74, 6) is -1.85. The number of alkyl halides is 3. The van der Waals surface area contributed by atoms with Crippen LogP contribution < -0.4 is 5.32 Å². The van der Waals surface area contributed by atoms with Gasteiger partial charge in [-0.15, -0.1) is 0 Å². The molecule has 7 nitrogen and oxygen atoms in total. The summed E-state index contributed by atoms with van der Waals surface area (Å²) < 4.78 is 13.8. The van der Waals surface area contributed by atoms with E-state index in [1.165, 1.54) is 0 Å². The van der Waals surface area contributed by atoms with Crippen LogP contribution in [0.4, 0.5) is 4.79 Å². The van der Waals surface area contributed by atoms with Gasteiger partial charge in [0.1, 0.15) is 24.9 Å². The topological polar surface area (TPSA) is 90.9 Å². The lowest BCUT2D eigenvalue weighted by molar-refractivity contribution is -0.159.